The van der Waals surface area contributed by atoms with E-state index in [-0.39, 0.29) is 17.4 Å². The van der Waals surface area contributed by atoms with Crippen molar-refractivity contribution in [3.63, 3.8) is 0 Å². The molecule has 9 heteroatoms. The lowest BCUT2D eigenvalue weighted by Gasteiger charge is -2.13. The van der Waals surface area contributed by atoms with Crippen molar-refractivity contribution in [1.29, 1.82) is 0 Å². The molecule has 0 saturated heterocycles. The molecule has 5 rings (SSSR count). The van der Waals surface area contributed by atoms with Crippen molar-refractivity contribution >= 4 is 40.3 Å². The van der Waals surface area contributed by atoms with Gasteiger partial charge in [0.05, 0.1) is 22.0 Å². The molecule has 150 valence electrons. The highest BCUT2D eigenvalue weighted by Gasteiger charge is 2.34. The molecule has 2 amide bonds. The number of thioether (sulfide) groups is 1. The van der Waals surface area contributed by atoms with Crippen LogP contribution in [0.25, 0.3) is 16.7 Å². The second kappa shape index (κ2) is 7.10. The molecule has 0 N–H and O–H groups in total. The number of carbonyl (C=O) groups excluding carboxylic acids is 2. The third-order valence-electron chi connectivity index (χ3n) is 5.23. The first-order chi connectivity index (χ1) is 14.6. The Hall–Kier alpha value is -3.46. The molecule has 2 aromatic carbocycles. The Labute approximate surface area is 175 Å². The van der Waals surface area contributed by atoms with Crippen LogP contribution in [0.4, 0.5) is 0 Å². The molecule has 0 saturated carbocycles. The van der Waals surface area contributed by atoms with E-state index >= 15 is 0 Å². The first kappa shape index (κ1) is 18.6. The zero-order valence-corrected chi connectivity index (χ0v) is 16.9. The highest BCUT2D eigenvalue weighted by Crippen LogP contribution is 2.24. The highest BCUT2D eigenvalue weighted by atomic mass is 32.2. The van der Waals surface area contributed by atoms with Gasteiger partial charge in [-0.25, -0.2) is 0 Å². The summed E-state index contributed by atoms with van der Waals surface area (Å²) in [6.45, 7) is 0.343. The number of aromatic nitrogens is 4. The highest BCUT2D eigenvalue weighted by molar-refractivity contribution is 7.99. The number of imide groups is 1. The van der Waals surface area contributed by atoms with E-state index in [1.54, 1.807) is 37.4 Å². The quantitative estimate of drug-likeness (QED) is 0.280. The molecule has 4 aromatic rings. The molecular weight excluding hydrogens is 402 g/mol. The summed E-state index contributed by atoms with van der Waals surface area (Å²) in [6, 6.07) is 14.2. The first-order valence-corrected chi connectivity index (χ1v) is 10.5. The van der Waals surface area contributed by atoms with Gasteiger partial charge in [-0.3, -0.25) is 28.3 Å². The molecule has 0 bridgehead atoms. The van der Waals surface area contributed by atoms with E-state index in [4.69, 9.17) is 0 Å². The second-order valence-electron chi connectivity index (χ2n) is 7.01. The van der Waals surface area contributed by atoms with Gasteiger partial charge in [-0.15, -0.1) is 10.2 Å². The number of benzene rings is 2. The van der Waals surface area contributed by atoms with Crippen molar-refractivity contribution in [3.05, 3.63) is 70.0 Å². The van der Waals surface area contributed by atoms with Crippen molar-refractivity contribution < 1.29 is 9.59 Å². The number of hydrogen-bond donors (Lipinski definition) is 0. The molecule has 0 radical (unpaired) electrons. The largest absolute Gasteiger partial charge is 0.279 e. The molecule has 0 aliphatic carbocycles. The molecule has 30 heavy (non-hydrogen) atoms. The average molecular weight is 419 g/mol. The van der Waals surface area contributed by atoms with Crippen LogP contribution in [0.1, 0.15) is 27.1 Å². The van der Waals surface area contributed by atoms with Gasteiger partial charge in [0.2, 0.25) is 5.78 Å². The topological polar surface area (TPSA) is 89.6 Å². The number of fused-ring (bicyclic) bond motifs is 4. The van der Waals surface area contributed by atoms with E-state index < -0.39 is 0 Å². The fraction of sp³-hybridized carbons (Fsp3) is 0.190. The maximum atomic E-state index is 12.5. The fourth-order valence-electron chi connectivity index (χ4n) is 3.73. The molecule has 0 unspecified atom stereocenters. The van der Waals surface area contributed by atoms with Crippen LogP contribution in [0, 0.1) is 0 Å². The average Bonchev–Trinajstić information content (AvgIpc) is 3.30. The lowest BCUT2D eigenvalue weighted by molar-refractivity contribution is 0.0655. The third kappa shape index (κ3) is 2.73. The van der Waals surface area contributed by atoms with Crippen LogP contribution in [-0.2, 0) is 7.05 Å². The van der Waals surface area contributed by atoms with Crippen molar-refractivity contribution in [3.8, 4) is 0 Å². The number of nitrogens with zero attached hydrogens (tertiary/aromatic N) is 5. The summed E-state index contributed by atoms with van der Waals surface area (Å²) in [5.74, 6) is 0.636. The molecular formula is C21H17N5O3S. The Kier molecular flexibility index (Phi) is 4.39. The maximum absolute atomic E-state index is 12.5. The summed E-state index contributed by atoms with van der Waals surface area (Å²) in [6.07, 6.45) is 0.620. The van der Waals surface area contributed by atoms with Crippen LogP contribution in [0.3, 0.4) is 0 Å². The Morgan fingerprint density at radius 2 is 1.57 bits per heavy atom. The number of amides is 2. The lowest BCUT2D eigenvalue weighted by atomic mass is 10.1. The molecule has 0 atom stereocenters. The molecule has 1 aliphatic heterocycles. The van der Waals surface area contributed by atoms with Gasteiger partial charge in [-0.1, -0.05) is 36.0 Å². The monoisotopic (exact) mass is 419 g/mol. The lowest BCUT2D eigenvalue weighted by Crippen LogP contribution is -2.31. The summed E-state index contributed by atoms with van der Waals surface area (Å²) < 4.78 is 3.35. The van der Waals surface area contributed by atoms with Gasteiger partial charge in [0.25, 0.3) is 17.4 Å². The molecule has 0 fully saturated rings. The Balaban J connectivity index is 1.34. The normalized spacial score (nSPS) is 13.6. The predicted octanol–water partition coefficient (Wildman–Crippen LogP) is 2.36. The van der Waals surface area contributed by atoms with Crippen molar-refractivity contribution in [2.75, 3.05) is 12.3 Å². The molecule has 3 heterocycles. The Bertz CT molecular complexity index is 1360. The van der Waals surface area contributed by atoms with Crippen LogP contribution < -0.4 is 5.56 Å². The molecule has 2 aromatic heterocycles. The van der Waals surface area contributed by atoms with Crippen LogP contribution >= 0.6 is 11.8 Å². The minimum Gasteiger partial charge on any atom is -0.279 e. The first-order valence-electron chi connectivity index (χ1n) is 9.49. The molecule has 0 spiro atoms. The minimum atomic E-state index is -0.241. The van der Waals surface area contributed by atoms with E-state index in [0.717, 1.165) is 5.52 Å². The number of hydrogen-bond acceptors (Lipinski definition) is 6. The second-order valence-corrected chi connectivity index (χ2v) is 8.07. The van der Waals surface area contributed by atoms with Crippen LogP contribution in [-0.4, -0.2) is 48.2 Å². The zero-order chi connectivity index (χ0) is 20.8. The number of rotatable bonds is 5. The number of carbonyl (C=O) groups is 2. The van der Waals surface area contributed by atoms with Gasteiger partial charge in [0, 0.05) is 19.3 Å². The summed E-state index contributed by atoms with van der Waals surface area (Å²) in [7, 11) is 1.68. The number of para-hydroxylation sites is 1. The minimum absolute atomic E-state index is 0.118. The Morgan fingerprint density at radius 3 is 2.30 bits per heavy atom. The maximum Gasteiger partial charge on any atom is 0.262 e. The van der Waals surface area contributed by atoms with Gasteiger partial charge in [-0.2, -0.15) is 0 Å². The SMILES string of the molecule is Cn1c(=O)c2ccccc2n2c(SCCCN3C(=O)c4ccccc4C3=O)nnc12. The summed E-state index contributed by atoms with van der Waals surface area (Å²) >= 11 is 1.48. The van der Waals surface area contributed by atoms with Gasteiger partial charge in [-0.05, 0) is 30.7 Å². The van der Waals surface area contributed by atoms with Gasteiger partial charge >= 0.3 is 0 Å². The van der Waals surface area contributed by atoms with Crippen LogP contribution in [0.15, 0.2) is 58.5 Å². The standard InChI is InChI=1S/C21H17N5O3S/c1-24-17(27)15-9-4-5-10-16(15)26-20(24)22-23-21(26)30-12-6-11-25-18(28)13-7-2-3-8-14(13)19(25)29/h2-5,7-10H,6,11-12H2,1H3. The summed E-state index contributed by atoms with van der Waals surface area (Å²) in [4.78, 5) is 38.7. The van der Waals surface area contributed by atoms with E-state index in [1.165, 1.54) is 21.2 Å². The van der Waals surface area contributed by atoms with Crippen molar-refractivity contribution in [1.82, 2.24) is 24.1 Å². The van der Waals surface area contributed by atoms with Gasteiger partial charge < -0.3 is 0 Å². The Morgan fingerprint density at radius 1 is 0.900 bits per heavy atom. The van der Waals surface area contributed by atoms with Crippen LogP contribution in [0.2, 0.25) is 0 Å². The fourth-order valence-corrected chi connectivity index (χ4v) is 4.60. The zero-order valence-electron chi connectivity index (χ0n) is 16.1. The third-order valence-corrected chi connectivity index (χ3v) is 6.25. The van der Waals surface area contributed by atoms with E-state index in [0.29, 0.717) is 46.2 Å². The summed E-state index contributed by atoms with van der Waals surface area (Å²) in [5, 5.41) is 9.68. The molecule has 8 nitrogen and oxygen atoms in total. The van der Waals surface area contributed by atoms with E-state index in [9.17, 15) is 14.4 Å². The predicted molar refractivity (Wildman–Crippen MR) is 113 cm³/mol. The smallest absolute Gasteiger partial charge is 0.262 e. The van der Waals surface area contributed by atoms with E-state index in [1.807, 2.05) is 22.6 Å². The van der Waals surface area contributed by atoms with Gasteiger partial charge in [0.15, 0.2) is 5.16 Å². The number of aryl methyl sites for hydroxylation is 1. The van der Waals surface area contributed by atoms with Crippen LogP contribution in [0.5, 0.6) is 0 Å². The van der Waals surface area contributed by atoms with E-state index in [2.05, 4.69) is 10.2 Å². The molecule has 1 aliphatic rings. The van der Waals surface area contributed by atoms with Crippen molar-refractivity contribution in [2.24, 2.45) is 7.05 Å². The van der Waals surface area contributed by atoms with Gasteiger partial charge in [0.1, 0.15) is 0 Å². The summed E-state index contributed by atoms with van der Waals surface area (Å²) in [5.41, 5.74) is 1.56. The van der Waals surface area contributed by atoms with Crippen molar-refractivity contribution in [2.45, 2.75) is 11.6 Å².